The van der Waals surface area contributed by atoms with E-state index in [1.165, 1.54) is 24.3 Å². The molecule has 0 unspecified atom stereocenters. The molecule has 0 aliphatic rings. The van der Waals surface area contributed by atoms with Crippen LogP contribution in [0.25, 0.3) is 0 Å². The Kier molecular flexibility index (Phi) is 6.93. The zero-order chi connectivity index (χ0) is 23.1. The van der Waals surface area contributed by atoms with E-state index in [0.717, 1.165) is 24.3 Å². The van der Waals surface area contributed by atoms with E-state index >= 15 is 0 Å². The van der Waals surface area contributed by atoms with Gasteiger partial charge in [-0.05, 0) is 24.3 Å². The van der Waals surface area contributed by atoms with Crippen LogP contribution in [0.15, 0.2) is 78.9 Å². The molecule has 0 aliphatic heterocycles. The molecule has 0 atom stereocenters. The Morgan fingerprint density at radius 3 is 1.59 bits per heavy atom. The molecular formula is C20H15N2O9P. The molecule has 0 aromatic heterocycles. The molecule has 0 radical (unpaired) electrons. The fourth-order valence-electron chi connectivity index (χ4n) is 2.43. The fraction of sp³-hybridized carbons (Fsp3) is 0.0500. The van der Waals surface area contributed by atoms with Gasteiger partial charge >= 0.3 is 7.82 Å². The van der Waals surface area contributed by atoms with Crippen LogP contribution in [0.3, 0.4) is 0 Å². The molecule has 3 aromatic rings. The van der Waals surface area contributed by atoms with E-state index in [-0.39, 0.29) is 22.9 Å². The zero-order valence-electron chi connectivity index (χ0n) is 16.2. The van der Waals surface area contributed by atoms with E-state index < -0.39 is 30.1 Å². The molecule has 3 rings (SSSR count). The van der Waals surface area contributed by atoms with Crippen molar-refractivity contribution in [1.82, 2.24) is 0 Å². The molecule has 0 bridgehead atoms. The first-order valence-electron chi connectivity index (χ1n) is 8.97. The highest BCUT2D eigenvalue weighted by molar-refractivity contribution is 7.49. The molecule has 0 saturated carbocycles. The molecule has 0 N–H and O–H groups in total. The lowest BCUT2D eigenvalue weighted by molar-refractivity contribution is -0.385. The number of benzene rings is 3. The first-order chi connectivity index (χ1) is 15.3. The van der Waals surface area contributed by atoms with Gasteiger partial charge in [-0.15, -0.1) is 0 Å². The summed E-state index contributed by atoms with van der Waals surface area (Å²) in [6, 6.07) is 17.4. The molecule has 0 saturated heterocycles. The second-order valence-electron chi connectivity index (χ2n) is 6.19. The fourth-order valence-corrected chi connectivity index (χ4v) is 3.61. The van der Waals surface area contributed by atoms with E-state index in [0.29, 0.717) is 5.56 Å². The van der Waals surface area contributed by atoms with Crippen molar-refractivity contribution in [3.63, 3.8) is 0 Å². The van der Waals surface area contributed by atoms with Gasteiger partial charge in [0, 0.05) is 29.8 Å². The number of phosphoric ester groups is 1. The number of hydrogen-bond donors (Lipinski definition) is 0. The predicted octanol–water partition coefficient (Wildman–Crippen LogP) is 4.97. The van der Waals surface area contributed by atoms with Gasteiger partial charge in [0.25, 0.3) is 11.4 Å². The highest BCUT2D eigenvalue weighted by Crippen LogP contribution is 2.50. The summed E-state index contributed by atoms with van der Waals surface area (Å²) in [5.74, 6) is -0.647. The maximum atomic E-state index is 13.2. The van der Waals surface area contributed by atoms with Crippen LogP contribution >= 0.6 is 7.82 Å². The van der Waals surface area contributed by atoms with Crippen LogP contribution in [0, 0.1) is 20.2 Å². The van der Waals surface area contributed by atoms with Crippen molar-refractivity contribution in [2.75, 3.05) is 6.61 Å². The standard InChI is InChI=1S/C20H15N2O9P/c23-20(15-4-2-1-3-5-15)14-29-32(28,30-18-10-6-16(7-11-18)21(24)25)31-19-12-8-17(9-13-19)22(26)27/h1-13H,14H2. The monoisotopic (exact) mass is 458 g/mol. The Morgan fingerprint density at radius 2 is 1.19 bits per heavy atom. The minimum Gasteiger partial charge on any atom is -0.395 e. The lowest BCUT2D eigenvalue weighted by Crippen LogP contribution is -2.12. The van der Waals surface area contributed by atoms with Gasteiger partial charge in [-0.25, -0.2) is 4.57 Å². The number of carbonyl (C=O) groups is 1. The average molecular weight is 458 g/mol. The SMILES string of the molecule is O=C(COP(=O)(Oc1ccc([N+](=O)[O-])cc1)Oc1ccc([N+](=O)[O-])cc1)c1ccccc1. The molecular weight excluding hydrogens is 443 g/mol. The summed E-state index contributed by atoms with van der Waals surface area (Å²) in [5.41, 5.74) is -0.128. The average Bonchev–Trinajstić information content (AvgIpc) is 2.79. The van der Waals surface area contributed by atoms with Crippen LogP contribution in [-0.4, -0.2) is 22.2 Å². The molecule has 0 amide bonds. The third-order valence-electron chi connectivity index (χ3n) is 3.98. The Balaban J connectivity index is 1.81. The molecule has 0 aliphatic carbocycles. The lowest BCUT2D eigenvalue weighted by Gasteiger charge is -2.18. The van der Waals surface area contributed by atoms with Crippen LogP contribution < -0.4 is 9.05 Å². The summed E-state index contributed by atoms with van der Waals surface area (Å²) in [7, 11) is -4.48. The summed E-state index contributed by atoms with van der Waals surface area (Å²) < 4.78 is 29.1. The first-order valence-corrected chi connectivity index (χ1v) is 10.4. The summed E-state index contributed by atoms with van der Waals surface area (Å²) in [6.07, 6.45) is 0. The van der Waals surface area contributed by atoms with Gasteiger partial charge in [0.1, 0.15) is 18.1 Å². The molecule has 0 spiro atoms. The number of phosphoric acid groups is 1. The Hall–Kier alpha value is -4.08. The van der Waals surface area contributed by atoms with Gasteiger partial charge in [0.15, 0.2) is 5.78 Å². The Morgan fingerprint density at radius 1 is 0.750 bits per heavy atom. The van der Waals surface area contributed by atoms with E-state index in [2.05, 4.69) is 0 Å². The van der Waals surface area contributed by atoms with Crippen LogP contribution in [0.1, 0.15) is 10.4 Å². The van der Waals surface area contributed by atoms with Crippen molar-refractivity contribution in [2.45, 2.75) is 0 Å². The largest absolute Gasteiger partial charge is 0.588 e. The Bertz CT molecular complexity index is 1100. The summed E-state index contributed by atoms with van der Waals surface area (Å²) in [6.45, 7) is -0.652. The van der Waals surface area contributed by atoms with Crippen LogP contribution in [0.5, 0.6) is 11.5 Å². The molecule has 3 aromatic carbocycles. The van der Waals surface area contributed by atoms with E-state index in [9.17, 15) is 29.6 Å². The minimum atomic E-state index is -4.48. The molecule has 32 heavy (non-hydrogen) atoms. The second-order valence-corrected chi connectivity index (χ2v) is 7.71. The number of non-ortho nitro benzene ring substituents is 2. The van der Waals surface area contributed by atoms with Gasteiger partial charge < -0.3 is 9.05 Å². The summed E-state index contributed by atoms with van der Waals surface area (Å²) in [4.78, 5) is 32.7. The van der Waals surface area contributed by atoms with Gasteiger partial charge in [-0.1, -0.05) is 30.3 Å². The quantitative estimate of drug-likeness (QED) is 0.178. The zero-order valence-corrected chi connectivity index (χ0v) is 17.1. The van der Waals surface area contributed by atoms with Crippen molar-refractivity contribution >= 4 is 25.0 Å². The van der Waals surface area contributed by atoms with E-state index in [1.807, 2.05) is 0 Å². The van der Waals surface area contributed by atoms with Crippen LogP contribution in [-0.2, 0) is 9.09 Å². The molecule has 0 fully saturated rings. The number of nitrogens with zero attached hydrogens (tertiary/aromatic N) is 2. The van der Waals surface area contributed by atoms with Crippen LogP contribution in [0.4, 0.5) is 11.4 Å². The van der Waals surface area contributed by atoms with E-state index in [1.54, 1.807) is 30.3 Å². The molecule has 11 nitrogen and oxygen atoms in total. The normalized spacial score (nSPS) is 10.9. The van der Waals surface area contributed by atoms with Gasteiger partial charge in [0.2, 0.25) is 0 Å². The topological polar surface area (TPSA) is 148 Å². The number of rotatable bonds is 10. The Labute approximate surface area is 181 Å². The maximum Gasteiger partial charge on any atom is 0.588 e. The number of Topliss-reactive ketones (excluding diaryl/α,β-unsaturated/α-hetero) is 1. The highest BCUT2D eigenvalue weighted by Gasteiger charge is 2.32. The second kappa shape index (κ2) is 9.82. The van der Waals surface area contributed by atoms with Gasteiger partial charge in [0.05, 0.1) is 9.85 Å². The summed E-state index contributed by atoms with van der Waals surface area (Å²) in [5, 5.41) is 21.6. The predicted molar refractivity (Wildman–Crippen MR) is 112 cm³/mol. The third kappa shape index (κ3) is 5.97. The van der Waals surface area contributed by atoms with Crippen molar-refractivity contribution in [3.05, 3.63) is 105 Å². The molecule has 164 valence electrons. The van der Waals surface area contributed by atoms with Gasteiger partial charge in [-0.3, -0.25) is 29.5 Å². The summed E-state index contributed by atoms with van der Waals surface area (Å²) >= 11 is 0. The number of nitro benzene ring substituents is 2. The van der Waals surface area contributed by atoms with E-state index in [4.69, 9.17) is 13.6 Å². The molecule has 0 heterocycles. The third-order valence-corrected chi connectivity index (χ3v) is 5.29. The van der Waals surface area contributed by atoms with Crippen LogP contribution in [0.2, 0.25) is 0 Å². The number of hydrogen-bond acceptors (Lipinski definition) is 9. The number of ketones is 1. The first kappa shape index (κ1) is 22.6. The minimum absolute atomic E-state index is 0.0759. The lowest BCUT2D eigenvalue weighted by atomic mass is 10.1. The van der Waals surface area contributed by atoms with Gasteiger partial charge in [-0.2, -0.15) is 0 Å². The maximum absolute atomic E-state index is 13.2. The molecule has 12 heteroatoms. The van der Waals surface area contributed by atoms with Crippen molar-refractivity contribution in [3.8, 4) is 11.5 Å². The smallest absolute Gasteiger partial charge is 0.395 e. The number of nitro groups is 2. The number of carbonyl (C=O) groups excluding carboxylic acids is 1. The van der Waals surface area contributed by atoms with Crippen molar-refractivity contribution < 1.29 is 32.8 Å². The highest BCUT2D eigenvalue weighted by atomic mass is 31.2. The van der Waals surface area contributed by atoms with Crippen molar-refractivity contribution in [2.24, 2.45) is 0 Å². The van der Waals surface area contributed by atoms with Crippen molar-refractivity contribution in [1.29, 1.82) is 0 Å².